The first-order valence-corrected chi connectivity index (χ1v) is 8.86. The van der Waals surface area contributed by atoms with Crippen molar-refractivity contribution in [1.82, 2.24) is 9.88 Å². The molecule has 0 radical (unpaired) electrons. The van der Waals surface area contributed by atoms with Crippen molar-refractivity contribution in [1.29, 1.82) is 0 Å². The average molecular weight is 358 g/mol. The quantitative estimate of drug-likeness (QED) is 0.827. The summed E-state index contributed by atoms with van der Waals surface area (Å²) in [7, 11) is 3.21. The highest BCUT2D eigenvalue weighted by Gasteiger charge is 2.36. The van der Waals surface area contributed by atoms with Gasteiger partial charge in [-0.15, -0.1) is 0 Å². The number of ether oxygens (including phenoxy) is 3. The molecule has 1 fully saturated rings. The molecule has 140 valence electrons. The van der Waals surface area contributed by atoms with Crippen molar-refractivity contribution in [2.24, 2.45) is 0 Å². The minimum atomic E-state index is -0.205. The van der Waals surface area contributed by atoms with Crippen LogP contribution in [0.25, 0.3) is 0 Å². The Kier molecular flexibility index (Phi) is 5.83. The van der Waals surface area contributed by atoms with Crippen LogP contribution in [0.3, 0.4) is 0 Å². The lowest BCUT2D eigenvalue weighted by Gasteiger charge is -2.38. The minimum Gasteiger partial charge on any atom is -0.493 e. The molecular weight excluding hydrogens is 332 g/mol. The standard InChI is InChI=1S/C20H26N2O4/c1-24-17-6-5-16(13-18(17)25-2)15-21-19(23)14-20(7-11-26-12-8-20)22-9-3-4-10-22/h3-6,9-10,13H,7-8,11-12,14-15H2,1-2H3,(H,21,23). The Balaban J connectivity index is 1.64. The first-order chi connectivity index (χ1) is 12.7. The Labute approximate surface area is 154 Å². The molecule has 1 aromatic carbocycles. The Morgan fingerprint density at radius 2 is 1.85 bits per heavy atom. The van der Waals surface area contributed by atoms with Crippen LogP contribution in [0.4, 0.5) is 0 Å². The first kappa shape index (κ1) is 18.3. The third-order valence-corrected chi connectivity index (χ3v) is 5.00. The van der Waals surface area contributed by atoms with E-state index in [0.29, 0.717) is 37.7 Å². The van der Waals surface area contributed by atoms with Gasteiger partial charge in [0.25, 0.3) is 0 Å². The number of rotatable bonds is 7. The number of amides is 1. The molecule has 6 heteroatoms. The maximum atomic E-state index is 12.6. The Morgan fingerprint density at radius 1 is 1.15 bits per heavy atom. The number of methoxy groups -OCH3 is 2. The van der Waals surface area contributed by atoms with E-state index >= 15 is 0 Å². The van der Waals surface area contributed by atoms with Crippen LogP contribution >= 0.6 is 0 Å². The monoisotopic (exact) mass is 358 g/mol. The summed E-state index contributed by atoms with van der Waals surface area (Å²) in [6.45, 7) is 1.82. The van der Waals surface area contributed by atoms with Crippen molar-refractivity contribution in [3.8, 4) is 11.5 Å². The summed E-state index contributed by atoms with van der Waals surface area (Å²) in [5.74, 6) is 1.37. The zero-order chi connectivity index (χ0) is 18.4. The van der Waals surface area contributed by atoms with E-state index in [9.17, 15) is 4.79 Å². The maximum Gasteiger partial charge on any atom is 0.222 e. The van der Waals surface area contributed by atoms with E-state index < -0.39 is 0 Å². The minimum absolute atomic E-state index is 0.0374. The molecule has 0 unspecified atom stereocenters. The van der Waals surface area contributed by atoms with Crippen LogP contribution in [0.2, 0.25) is 0 Å². The van der Waals surface area contributed by atoms with Crippen molar-refractivity contribution in [2.45, 2.75) is 31.3 Å². The molecule has 1 aliphatic rings. The van der Waals surface area contributed by atoms with Gasteiger partial charge in [0.05, 0.1) is 26.2 Å². The summed E-state index contributed by atoms with van der Waals surface area (Å²) in [5.41, 5.74) is 0.765. The van der Waals surface area contributed by atoms with E-state index in [1.54, 1.807) is 14.2 Å². The van der Waals surface area contributed by atoms with Gasteiger partial charge in [-0.05, 0) is 42.7 Å². The molecule has 0 aliphatic carbocycles. The molecule has 1 N–H and O–H groups in total. The molecule has 1 aliphatic heterocycles. The predicted octanol–water partition coefficient (Wildman–Crippen LogP) is 2.72. The molecule has 1 saturated heterocycles. The van der Waals surface area contributed by atoms with Crippen molar-refractivity contribution in [2.75, 3.05) is 27.4 Å². The SMILES string of the molecule is COc1ccc(CNC(=O)CC2(n3cccc3)CCOCC2)cc1OC. The topological polar surface area (TPSA) is 61.7 Å². The molecule has 6 nitrogen and oxygen atoms in total. The fourth-order valence-electron chi connectivity index (χ4n) is 3.48. The van der Waals surface area contributed by atoms with Crippen LogP contribution in [0.1, 0.15) is 24.8 Å². The van der Waals surface area contributed by atoms with E-state index in [-0.39, 0.29) is 11.4 Å². The third-order valence-electron chi connectivity index (χ3n) is 5.00. The van der Waals surface area contributed by atoms with E-state index in [2.05, 4.69) is 9.88 Å². The second kappa shape index (κ2) is 8.27. The smallest absolute Gasteiger partial charge is 0.222 e. The number of benzene rings is 1. The van der Waals surface area contributed by atoms with Gasteiger partial charge in [0, 0.05) is 32.2 Å². The molecular formula is C20H26N2O4. The Hall–Kier alpha value is -2.47. The second-order valence-electron chi connectivity index (χ2n) is 6.57. The largest absolute Gasteiger partial charge is 0.493 e. The third kappa shape index (κ3) is 4.02. The van der Waals surface area contributed by atoms with Crippen LogP contribution < -0.4 is 14.8 Å². The average Bonchev–Trinajstić information content (AvgIpc) is 3.22. The van der Waals surface area contributed by atoms with Gasteiger partial charge in [0.1, 0.15) is 0 Å². The van der Waals surface area contributed by atoms with E-state index in [1.807, 2.05) is 42.7 Å². The van der Waals surface area contributed by atoms with E-state index in [4.69, 9.17) is 14.2 Å². The summed E-state index contributed by atoms with van der Waals surface area (Å²) >= 11 is 0. The second-order valence-corrected chi connectivity index (χ2v) is 6.57. The van der Waals surface area contributed by atoms with Gasteiger partial charge in [0.2, 0.25) is 5.91 Å². The van der Waals surface area contributed by atoms with Gasteiger partial charge in [-0.3, -0.25) is 4.79 Å². The summed E-state index contributed by atoms with van der Waals surface area (Å²) in [6, 6.07) is 9.66. The highest BCUT2D eigenvalue weighted by atomic mass is 16.5. The fraction of sp³-hybridized carbons (Fsp3) is 0.450. The molecule has 0 atom stereocenters. The van der Waals surface area contributed by atoms with Gasteiger partial charge in [-0.25, -0.2) is 0 Å². The van der Waals surface area contributed by atoms with Crippen molar-refractivity contribution in [3.05, 3.63) is 48.3 Å². The number of carbonyl (C=O) groups excluding carboxylic acids is 1. The predicted molar refractivity (Wildman–Crippen MR) is 98.5 cm³/mol. The first-order valence-electron chi connectivity index (χ1n) is 8.86. The molecule has 2 heterocycles. The molecule has 1 amide bonds. The zero-order valence-corrected chi connectivity index (χ0v) is 15.4. The Morgan fingerprint density at radius 3 is 2.50 bits per heavy atom. The summed E-state index contributed by atoms with van der Waals surface area (Å²) in [5, 5.41) is 3.03. The molecule has 0 saturated carbocycles. The van der Waals surface area contributed by atoms with Gasteiger partial charge in [0.15, 0.2) is 11.5 Å². The van der Waals surface area contributed by atoms with Crippen LogP contribution in [0.5, 0.6) is 11.5 Å². The van der Waals surface area contributed by atoms with Gasteiger partial charge in [-0.2, -0.15) is 0 Å². The van der Waals surface area contributed by atoms with Gasteiger partial charge in [-0.1, -0.05) is 6.07 Å². The maximum absolute atomic E-state index is 12.6. The summed E-state index contributed by atoms with van der Waals surface area (Å²) in [6.07, 6.45) is 6.19. The van der Waals surface area contributed by atoms with Crippen LogP contribution in [-0.4, -0.2) is 37.9 Å². The molecule has 0 spiro atoms. The molecule has 0 bridgehead atoms. The summed E-state index contributed by atoms with van der Waals surface area (Å²) < 4.78 is 18.2. The lowest BCUT2D eigenvalue weighted by molar-refractivity contribution is -0.124. The van der Waals surface area contributed by atoms with Crippen molar-refractivity contribution in [3.63, 3.8) is 0 Å². The molecule has 3 rings (SSSR count). The molecule has 2 aromatic rings. The van der Waals surface area contributed by atoms with Crippen molar-refractivity contribution < 1.29 is 19.0 Å². The lowest BCUT2D eigenvalue weighted by Crippen LogP contribution is -2.43. The van der Waals surface area contributed by atoms with Crippen LogP contribution in [-0.2, 0) is 21.6 Å². The van der Waals surface area contributed by atoms with Gasteiger partial charge >= 0.3 is 0 Å². The number of hydrogen-bond donors (Lipinski definition) is 1. The van der Waals surface area contributed by atoms with Crippen LogP contribution in [0, 0.1) is 0 Å². The molecule has 1 aromatic heterocycles. The number of nitrogens with zero attached hydrogens (tertiary/aromatic N) is 1. The number of aromatic nitrogens is 1. The number of carbonyl (C=O) groups is 1. The van der Waals surface area contributed by atoms with Gasteiger partial charge < -0.3 is 24.1 Å². The molecule has 26 heavy (non-hydrogen) atoms. The van der Waals surface area contributed by atoms with E-state index in [0.717, 1.165) is 18.4 Å². The number of hydrogen-bond acceptors (Lipinski definition) is 4. The fourth-order valence-corrected chi connectivity index (χ4v) is 3.48. The normalized spacial score (nSPS) is 16.1. The number of nitrogens with one attached hydrogen (secondary N) is 1. The van der Waals surface area contributed by atoms with Crippen LogP contribution in [0.15, 0.2) is 42.7 Å². The zero-order valence-electron chi connectivity index (χ0n) is 15.4. The van der Waals surface area contributed by atoms with Crippen molar-refractivity contribution >= 4 is 5.91 Å². The highest BCUT2D eigenvalue weighted by molar-refractivity contribution is 5.77. The lowest BCUT2D eigenvalue weighted by atomic mass is 9.86. The Bertz CT molecular complexity index is 721. The van der Waals surface area contributed by atoms with E-state index in [1.165, 1.54) is 0 Å². The summed E-state index contributed by atoms with van der Waals surface area (Å²) in [4.78, 5) is 12.6. The highest BCUT2D eigenvalue weighted by Crippen LogP contribution is 2.33.